The Morgan fingerprint density at radius 2 is 1.52 bits per heavy atom. The van der Waals surface area contributed by atoms with Crippen LogP contribution in [0, 0.1) is 5.92 Å². The number of piperazine rings is 1. The van der Waals surface area contributed by atoms with Crippen molar-refractivity contribution in [3.63, 3.8) is 0 Å². The van der Waals surface area contributed by atoms with E-state index < -0.39 is 0 Å². The molecule has 2 heterocycles. The molecule has 0 aliphatic carbocycles. The van der Waals surface area contributed by atoms with Crippen LogP contribution in [0.4, 0.5) is 0 Å². The number of rotatable bonds is 4. The van der Waals surface area contributed by atoms with Gasteiger partial charge in [0.1, 0.15) is 0 Å². The number of carbonyl (C=O) groups is 1. The molecule has 0 aromatic heterocycles. The van der Waals surface area contributed by atoms with Gasteiger partial charge in [0, 0.05) is 52.4 Å². The largest absolute Gasteiger partial charge is 0.348 e. The van der Waals surface area contributed by atoms with Crippen LogP contribution < -0.4 is 0 Å². The Kier molecular flexibility index (Phi) is 6.46. The van der Waals surface area contributed by atoms with Gasteiger partial charge in [0.05, 0.1) is 6.54 Å². The summed E-state index contributed by atoms with van der Waals surface area (Å²) in [5, 5.41) is 0. The second-order valence-corrected chi connectivity index (χ2v) is 8.47. The maximum atomic E-state index is 11.8. The second kappa shape index (κ2) is 7.95. The fourth-order valence-corrected chi connectivity index (χ4v) is 3.63. The van der Waals surface area contributed by atoms with Crippen molar-refractivity contribution in [3.8, 4) is 0 Å². The van der Waals surface area contributed by atoms with E-state index in [1.807, 2.05) is 14.1 Å². The van der Waals surface area contributed by atoms with Crippen molar-refractivity contribution in [2.24, 2.45) is 5.92 Å². The summed E-state index contributed by atoms with van der Waals surface area (Å²) in [6.07, 6.45) is 2.47. The highest BCUT2D eigenvalue weighted by atomic mass is 16.2. The van der Waals surface area contributed by atoms with Gasteiger partial charge < -0.3 is 9.80 Å². The first kappa shape index (κ1) is 18.7. The van der Waals surface area contributed by atoms with Gasteiger partial charge in [-0.15, -0.1) is 0 Å². The summed E-state index contributed by atoms with van der Waals surface area (Å²) in [6, 6.07) is 0. The molecule has 0 atom stereocenters. The predicted molar refractivity (Wildman–Crippen MR) is 95.6 cm³/mol. The molecular formula is C18H36N4O. The Labute approximate surface area is 142 Å². The van der Waals surface area contributed by atoms with Gasteiger partial charge >= 0.3 is 0 Å². The summed E-state index contributed by atoms with van der Waals surface area (Å²) in [5.74, 6) is 1.03. The molecule has 0 bridgehead atoms. The number of nitrogens with zero attached hydrogens (tertiary/aromatic N) is 4. The van der Waals surface area contributed by atoms with Gasteiger partial charge in [0.2, 0.25) is 5.91 Å². The van der Waals surface area contributed by atoms with Gasteiger partial charge in [-0.1, -0.05) is 0 Å². The molecular weight excluding hydrogens is 288 g/mol. The molecule has 0 aromatic rings. The Hall–Kier alpha value is -0.650. The molecule has 0 radical (unpaired) electrons. The monoisotopic (exact) mass is 324 g/mol. The van der Waals surface area contributed by atoms with Crippen LogP contribution in [0.2, 0.25) is 0 Å². The molecule has 2 fully saturated rings. The van der Waals surface area contributed by atoms with Crippen molar-refractivity contribution >= 4 is 5.91 Å². The van der Waals surface area contributed by atoms with Crippen LogP contribution in [0.25, 0.3) is 0 Å². The minimum absolute atomic E-state index is 0.224. The first-order valence-corrected chi connectivity index (χ1v) is 9.15. The number of carbonyl (C=O) groups excluding carboxylic acids is 1. The van der Waals surface area contributed by atoms with E-state index in [1.54, 1.807) is 4.90 Å². The van der Waals surface area contributed by atoms with Crippen LogP contribution >= 0.6 is 0 Å². The number of piperidine rings is 1. The van der Waals surface area contributed by atoms with Crippen molar-refractivity contribution in [3.05, 3.63) is 0 Å². The average Bonchev–Trinajstić information content (AvgIpc) is 2.49. The molecule has 0 N–H and O–H groups in total. The Morgan fingerprint density at radius 3 is 2.00 bits per heavy atom. The molecule has 5 heteroatoms. The second-order valence-electron chi connectivity index (χ2n) is 8.47. The van der Waals surface area contributed by atoms with Gasteiger partial charge in [-0.3, -0.25) is 14.6 Å². The maximum absolute atomic E-state index is 11.8. The standard InChI is InChI=1S/C18H36N4O/c1-18(2,3)22-12-10-21(11-13-22)14-16-6-8-20(9-7-16)15-17(23)19(4)5/h16H,6-15H2,1-5H3. The number of hydrogen-bond acceptors (Lipinski definition) is 4. The molecule has 0 spiro atoms. The van der Waals surface area contributed by atoms with E-state index >= 15 is 0 Å². The SMILES string of the molecule is CN(C)C(=O)CN1CCC(CN2CCN(C(C)(C)C)CC2)CC1. The third-order valence-corrected chi connectivity index (χ3v) is 5.40. The molecule has 2 rings (SSSR count). The van der Waals surface area contributed by atoms with Crippen molar-refractivity contribution in [1.29, 1.82) is 0 Å². The third kappa shape index (κ3) is 5.73. The minimum Gasteiger partial charge on any atom is -0.348 e. The number of amides is 1. The zero-order chi connectivity index (χ0) is 17.0. The van der Waals surface area contributed by atoms with E-state index in [9.17, 15) is 4.79 Å². The molecule has 2 aliphatic rings. The molecule has 2 aliphatic heterocycles. The number of likely N-dealkylation sites (N-methyl/N-ethyl adjacent to an activating group) is 1. The Balaban J connectivity index is 1.66. The third-order valence-electron chi connectivity index (χ3n) is 5.40. The van der Waals surface area contributed by atoms with Gasteiger partial charge in [-0.2, -0.15) is 0 Å². The summed E-state index contributed by atoms with van der Waals surface area (Å²) >= 11 is 0. The van der Waals surface area contributed by atoms with E-state index in [4.69, 9.17) is 0 Å². The highest BCUT2D eigenvalue weighted by Crippen LogP contribution is 2.21. The molecule has 23 heavy (non-hydrogen) atoms. The summed E-state index contributed by atoms with van der Waals surface area (Å²) in [5.41, 5.74) is 0.302. The minimum atomic E-state index is 0.224. The van der Waals surface area contributed by atoms with Crippen molar-refractivity contribution < 1.29 is 4.79 Å². The van der Waals surface area contributed by atoms with E-state index in [-0.39, 0.29) is 5.91 Å². The van der Waals surface area contributed by atoms with Crippen LogP contribution in [-0.4, -0.2) is 97.5 Å². The molecule has 5 nitrogen and oxygen atoms in total. The first-order valence-electron chi connectivity index (χ1n) is 9.15. The van der Waals surface area contributed by atoms with Gasteiger partial charge in [-0.05, 0) is 52.6 Å². The molecule has 0 aromatic carbocycles. The lowest BCUT2D eigenvalue weighted by Gasteiger charge is -2.43. The molecule has 0 unspecified atom stereocenters. The smallest absolute Gasteiger partial charge is 0.236 e. The number of hydrogen-bond donors (Lipinski definition) is 0. The van der Waals surface area contributed by atoms with Crippen molar-refractivity contribution in [2.75, 3.05) is 66.5 Å². The van der Waals surface area contributed by atoms with Crippen LogP contribution in [0.1, 0.15) is 33.6 Å². The lowest BCUT2D eigenvalue weighted by molar-refractivity contribution is -0.130. The first-order chi connectivity index (χ1) is 10.8. The Morgan fingerprint density at radius 1 is 0.957 bits per heavy atom. The highest BCUT2D eigenvalue weighted by molar-refractivity contribution is 5.77. The molecule has 134 valence electrons. The van der Waals surface area contributed by atoms with Crippen molar-refractivity contribution in [2.45, 2.75) is 39.2 Å². The van der Waals surface area contributed by atoms with Crippen LogP contribution in [0.5, 0.6) is 0 Å². The maximum Gasteiger partial charge on any atom is 0.236 e. The molecule has 0 saturated carbocycles. The van der Waals surface area contributed by atoms with E-state index in [0.717, 1.165) is 19.0 Å². The van der Waals surface area contributed by atoms with E-state index in [0.29, 0.717) is 12.1 Å². The zero-order valence-corrected chi connectivity index (χ0v) is 15.8. The number of likely N-dealkylation sites (tertiary alicyclic amines) is 1. The fraction of sp³-hybridized carbons (Fsp3) is 0.944. The molecule has 1 amide bonds. The lowest BCUT2D eigenvalue weighted by Crippen LogP contribution is -2.54. The topological polar surface area (TPSA) is 30.0 Å². The lowest BCUT2D eigenvalue weighted by atomic mass is 9.95. The van der Waals surface area contributed by atoms with Gasteiger partial charge in [0.25, 0.3) is 0 Å². The quantitative estimate of drug-likeness (QED) is 0.777. The molecule has 2 saturated heterocycles. The fourth-order valence-electron chi connectivity index (χ4n) is 3.63. The summed E-state index contributed by atoms with van der Waals surface area (Å²) in [7, 11) is 3.68. The van der Waals surface area contributed by atoms with Crippen molar-refractivity contribution in [1.82, 2.24) is 19.6 Å². The van der Waals surface area contributed by atoms with E-state index in [1.165, 1.54) is 45.6 Å². The van der Waals surface area contributed by atoms with Gasteiger partial charge in [0.15, 0.2) is 0 Å². The van der Waals surface area contributed by atoms with Crippen LogP contribution in [0.3, 0.4) is 0 Å². The Bertz CT molecular complexity index is 375. The summed E-state index contributed by atoms with van der Waals surface area (Å²) < 4.78 is 0. The average molecular weight is 325 g/mol. The zero-order valence-electron chi connectivity index (χ0n) is 15.8. The van der Waals surface area contributed by atoms with Gasteiger partial charge in [-0.25, -0.2) is 0 Å². The summed E-state index contributed by atoms with van der Waals surface area (Å²) in [6.45, 7) is 15.7. The van der Waals surface area contributed by atoms with E-state index in [2.05, 4.69) is 35.5 Å². The summed E-state index contributed by atoms with van der Waals surface area (Å²) in [4.78, 5) is 21.0. The predicted octanol–water partition coefficient (Wildman–Crippen LogP) is 1.20. The highest BCUT2D eigenvalue weighted by Gasteiger charge is 2.28. The van der Waals surface area contributed by atoms with Crippen LogP contribution in [-0.2, 0) is 4.79 Å². The normalized spacial score (nSPS) is 23.2. The van der Waals surface area contributed by atoms with Crippen LogP contribution in [0.15, 0.2) is 0 Å².